The maximum atomic E-state index is 12.6. The van der Waals surface area contributed by atoms with Crippen molar-refractivity contribution in [3.05, 3.63) is 42.4 Å². The Kier molecular flexibility index (Phi) is 3.76. The highest BCUT2D eigenvalue weighted by atomic mass is 16.5. The van der Waals surface area contributed by atoms with E-state index >= 15 is 0 Å². The van der Waals surface area contributed by atoms with Crippen molar-refractivity contribution in [2.75, 3.05) is 19.5 Å². The molecule has 2 aromatic heterocycles. The predicted octanol–water partition coefficient (Wildman–Crippen LogP) is 3.04. The molecule has 0 saturated heterocycles. The molecule has 0 unspecified atom stereocenters. The first-order valence-electron chi connectivity index (χ1n) is 8.05. The van der Waals surface area contributed by atoms with Crippen LogP contribution in [0.2, 0.25) is 0 Å². The van der Waals surface area contributed by atoms with Crippen molar-refractivity contribution >= 4 is 22.8 Å². The van der Waals surface area contributed by atoms with Gasteiger partial charge in [0.1, 0.15) is 17.0 Å². The average molecular weight is 338 g/mol. The van der Waals surface area contributed by atoms with Gasteiger partial charge in [0.25, 0.3) is 5.91 Å². The van der Waals surface area contributed by atoms with Gasteiger partial charge in [-0.2, -0.15) is 0 Å². The summed E-state index contributed by atoms with van der Waals surface area (Å²) >= 11 is 0. The minimum absolute atomic E-state index is 0.265. The van der Waals surface area contributed by atoms with Crippen molar-refractivity contribution in [2.24, 2.45) is 0 Å². The van der Waals surface area contributed by atoms with Crippen LogP contribution in [0.15, 0.2) is 36.8 Å². The number of amides is 1. The van der Waals surface area contributed by atoms with Crippen LogP contribution in [-0.2, 0) is 0 Å². The zero-order valence-corrected chi connectivity index (χ0v) is 14.0. The van der Waals surface area contributed by atoms with E-state index in [9.17, 15) is 4.79 Å². The number of nitrogens with zero attached hydrogens (tertiary/aromatic N) is 3. The summed E-state index contributed by atoms with van der Waals surface area (Å²) in [7, 11) is 3.12. The Bertz CT molecular complexity index is 947. The second-order valence-corrected chi connectivity index (χ2v) is 5.97. The SMILES string of the molecule is COc1ccc(NC(=O)c2cnc3c(c2)ncn3C2CC2)c(OC)c1. The summed E-state index contributed by atoms with van der Waals surface area (Å²) in [5.41, 5.74) is 2.56. The Morgan fingerprint density at radius 1 is 1.20 bits per heavy atom. The molecule has 0 spiro atoms. The van der Waals surface area contributed by atoms with Crippen LogP contribution < -0.4 is 14.8 Å². The lowest BCUT2D eigenvalue weighted by Crippen LogP contribution is -2.13. The molecule has 0 bridgehead atoms. The number of ether oxygens (including phenoxy) is 2. The molecule has 1 saturated carbocycles. The largest absolute Gasteiger partial charge is 0.497 e. The molecular formula is C18H18N4O3. The highest BCUT2D eigenvalue weighted by Gasteiger charge is 2.25. The molecule has 0 radical (unpaired) electrons. The Morgan fingerprint density at radius 2 is 2.04 bits per heavy atom. The molecule has 0 atom stereocenters. The topological polar surface area (TPSA) is 78.3 Å². The van der Waals surface area contributed by atoms with Crippen molar-refractivity contribution in [3.63, 3.8) is 0 Å². The van der Waals surface area contributed by atoms with Crippen LogP contribution in [0, 0.1) is 0 Å². The number of aromatic nitrogens is 3. The normalized spacial score (nSPS) is 13.7. The second-order valence-electron chi connectivity index (χ2n) is 5.97. The first-order valence-corrected chi connectivity index (χ1v) is 8.05. The molecule has 1 aromatic carbocycles. The third kappa shape index (κ3) is 2.88. The average Bonchev–Trinajstić information content (AvgIpc) is 3.40. The minimum Gasteiger partial charge on any atom is -0.497 e. The van der Waals surface area contributed by atoms with Crippen molar-refractivity contribution in [2.45, 2.75) is 18.9 Å². The maximum absolute atomic E-state index is 12.6. The van der Waals surface area contributed by atoms with Crippen molar-refractivity contribution < 1.29 is 14.3 Å². The quantitative estimate of drug-likeness (QED) is 0.773. The lowest BCUT2D eigenvalue weighted by atomic mass is 10.2. The third-order valence-corrected chi connectivity index (χ3v) is 4.27. The molecule has 25 heavy (non-hydrogen) atoms. The number of rotatable bonds is 5. The fourth-order valence-corrected chi connectivity index (χ4v) is 2.76. The number of hydrogen-bond donors (Lipinski definition) is 1. The number of carbonyl (C=O) groups is 1. The van der Waals surface area contributed by atoms with E-state index in [1.165, 1.54) is 0 Å². The molecule has 1 fully saturated rings. The van der Waals surface area contributed by atoms with Gasteiger partial charge in [0.2, 0.25) is 0 Å². The first-order chi connectivity index (χ1) is 12.2. The smallest absolute Gasteiger partial charge is 0.257 e. The van der Waals surface area contributed by atoms with E-state index in [2.05, 4.69) is 19.9 Å². The summed E-state index contributed by atoms with van der Waals surface area (Å²) in [6.07, 6.45) is 5.69. The fraction of sp³-hybridized carbons (Fsp3) is 0.278. The Balaban J connectivity index is 1.59. The van der Waals surface area contributed by atoms with E-state index in [4.69, 9.17) is 9.47 Å². The number of hydrogen-bond acceptors (Lipinski definition) is 5. The number of imidazole rings is 1. The molecule has 2 heterocycles. The summed E-state index contributed by atoms with van der Waals surface area (Å²) in [5, 5.41) is 2.84. The summed E-state index contributed by atoms with van der Waals surface area (Å²) in [4.78, 5) is 21.3. The van der Waals surface area contributed by atoms with E-state index < -0.39 is 0 Å². The van der Waals surface area contributed by atoms with E-state index in [0.29, 0.717) is 28.8 Å². The van der Waals surface area contributed by atoms with Gasteiger partial charge in [0, 0.05) is 18.3 Å². The second kappa shape index (κ2) is 6.08. The molecule has 128 valence electrons. The Hall–Kier alpha value is -3.09. The van der Waals surface area contributed by atoms with Crippen LogP contribution in [0.3, 0.4) is 0 Å². The van der Waals surface area contributed by atoms with E-state index in [0.717, 1.165) is 24.0 Å². The highest BCUT2D eigenvalue weighted by molar-refractivity contribution is 6.06. The number of fused-ring (bicyclic) bond motifs is 1. The lowest BCUT2D eigenvalue weighted by molar-refractivity contribution is 0.102. The molecule has 3 aromatic rings. The minimum atomic E-state index is -0.265. The van der Waals surface area contributed by atoms with Gasteiger partial charge in [-0.3, -0.25) is 4.79 Å². The number of methoxy groups -OCH3 is 2. The fourth-order valence-electron chi connectivity index (χ4n) is 2.76. The highest BCUT2D eigenvalue weighted by Crippen LogP contribution is 2.36. The maximum Gasteiger partial charge on any atom is 0.257 e. The van der Waals surface area contributed by atoms with Crippen LogP contribution in [-0.4, -0.2) is 34.7 Å². The van der Waals surface area contributed by atoms with Crippen LogP contribution in [0.5, 0.6) is 11.5 Å². The summed E-state index contributed by atoms with van der Waals surface area (Å²) in [6.45, 7) is 0. The molecule has 7 nitrogen and oxygen atoms in total. The van der Waals surface area contributed by atoms with Gasteiger partial charge < -0.3 is 19.4 Å². The van der Waals surface area contributed by atoms with E-state index in [1.54, 1.807) is 51.0 Å². The summed E-state index contributed by atoms with van der Waals surface area (Å²) in [6, 6.07) is 7.47. The number of benzene rings is 1. The van der Waals surface area contributed by atoms with Gasteiger partial charge in [0.15, 0.2) is 5.65 Å². The first kappa shape index (κ1) is 15.4. The van der Waals surface area contributed by atoms with E-state index in [-0.39, 0.29) is 5.91 Å². The van der Waals surface area contributed by atoms with Gasteiger partial charge >= 0.3 is 0 Å². The standard InChI is InChI=1S/C18H18N4O3/c1-24-13-5-6-14(16(8-13)25-2)21-18(23)11-7-15-17(19-9-11)22(10-20-15)12-3-4-12/h5-10,12H,3-4H2,1-2H3,(H,21,23). The van der Waals surface area contributed by atoms with Crippen LogP contribution >= 0.6 is 0 Å². The van der Waals surface area contributed by atoms with Gasteiger partial charge in [-0.25, -0.2) is 9.97 Å². The summed E-state index contributed by atoms with van der Waals surface area (Å²) < 4.78 is 12.5. The molecule has 4 rings (SSSR count). The summed E-state index contributed by atoms with van der Waals surface area (Å²) in [5.74, 6) is 0.919. The number of anilines is 1. The zero-order valence-electron chi connectivity index (χ0n) is 14.0. The molecule has 0 aliphatic heterocycles. The van der Waals surface area contributed by atoms with Crippen molar-refractivity contribution in [1.82, 2.24) is 14.5 Å². The Morgan fingerprint density at radius 3 is 2.76 bits per heavy atom. The molecule has 1 amide bonds. The third-order valence-electron chi connectivity index (χ3n) is 4.27. The van der Waals surface area contributed by atoms with Crippen molar-refractivity contribution in [3.8, 4) is 11.5 Å². The molecular weight excluding hydrogens is 320 g/mol. The van der Waals surface area contributed by atoms with Gasteiger partial charge in [0.05, 0.1) is 31.8 Å². The van der Waals surface area contributed by atoms with Crippen LogP contribution in [0.1, 0.15) is 29.2 Å². The molecule has 1 aliphatic carbocycles. The van der Waals surface area contributed by atoms with Gasteiger partial charge in [-0.05, 0) is 31.0 Å². The molecule has 1 N–H and O–H groups in total. The van der Waals surface area contributed by atoms with Crippen LogP contribution in [0.4, 0.5) is 5.69 Å². The molecule has 1 aliphatic rings. The predicted molar refractivity (Wildman–Crippen MR) is 93.3 cm³/mol. The monoisotopic (exact) mass is 338 g/mol. The van der Waals surface area contributed by atoms with E-state index in [1.807, 2.05) is 0 Å². The Labute approximate surface area is 144 Å². The zero-order chi connectivity index (χ0) is 17.4. The number of nitrogens with one attached hydrogen (secondary N) is 1. The molecule has 7 heteroatoms. The van der Waals surface area contributed by atoms with Gasteiger partial charge in [-0.1, -0.05) is 0 Å². The lowest BCUT2D eigenvalue weighted by Gasteiger charge is -2.11. The van der Waals surface area contributed by atoms with Crippen LogP contribution in [0.25, 0.3) is 11.2 Å². The number of carbonyl (C=O) groups excluding carboxylic acids is 1. The number of pyridine rings is 1. The van der Waals surface area contributed by atoms with Gasteiger partial charge in [-0.15, -0.1) is 0 Å². The van der Waals surface area contributed by atoms with Crippen molar-refractivity contribution in [1.29, 1.82) is 0 Å².